The number of allylic oxidation sites excluding steroid dienone is 1. The predicted molar refractivity (Wildman–Crippen MR) is 54.2 cm³/mol. The molecular formula is C12H19N. The molecule has 2 fully saturated rings. The summed E-state index contributed by atoms with van der Waals surface area (Å²) in [5.41, 5.74) is 8.30. The van der Waals surface area contributed by atoms with E-state index in [0.29, 0.717) is 11.5 Å². The topological polar surface area (TPSA) is 26.0 Å². The van der Waals surface area contributed by atoms with Gasteiger partial charge in [-0.25, -0.2) is 0 Å². The van der Waals surface area contributed by atoms with Crippen molar-refractivity contribution >= 4 is 0 Å². The summed E-state index contributed by atoms with van der Waals surface area (Å²) in [5.74, 6) is 1.97. The lowest BCUT2D eigenvalue weighted by Crippen LogP contribution is -2.49. The zero-order valence-corrected chi connectivity index (χ0v) is 8.42. The molecule has 72 valence electrons. The molecular weight excluding hydrogens is 158 g/mol. The quantitative estimate of drug-likeness (QED) is 0.612. The van der Waals surface area contributed by atoms with Crippen LogP contribution in [0.25, 0.3) is 0 Å². The van der Waals surface area contributed by atoms with Crippen LogP contribution in [0.1, 0.15) is 39.0 Å². The van der Waals surface area contributed by atoms with Crippen LogP contribution in [0, 0.1) is 17.3 Å². The predicted octanol–water partition coefficient (Wildman–Crippen LogP) is 2.47. The summed E-state index contributed by atoms with van der Waals surface area (Å²) in [5, 5.41) is 0. The van der Waals surface area contributed by atoms with Crippen molar-refractivity contribution in [1.29, 1.82) is 0 Å². The normalized spacial score (nSPS) is 49.2. The van der Waals surface area contributed by atoms with Crippen molar-refractivity contribution in [2.24, 2.45) is 23.0 Å². The van der Waals surface area contributed by atoms with E-state index in [9.17, 15) is 0 Å². The van der Waals surface area contributed by atoms with Crippen molar-refractivity contribution in [2.75, 3.05) is 0 Å². The summed E-state index contributed by atoms with van der Waals surface area (Å²) in [6.07, 6.45) is 9.58. The Kier molecular flexibility index (Phi) is 1.48. The molecule has 0 radical (unpaired) electrons. The van der Waals surface area contributed by atoms with Gasteiger partial charge in [0.25, 0.3) is 0 Å². The molecule has 0 amide bonds. The Hall–Kier alpha value is -0.300. The molecule has 0 aromatic carbocycles. The van der Waals surface area contributed by atoms with Gasteiger partial charge in [0.15, 0.2) is 0 Å². The van der Waals surface area contributed by atoms with Crippen LogP contribution in [0.5, 0.6) is 0 Å². The molecule has 2 N–H and O–H groups in total. The lowest BCUT2D eigenvalue weighted by molar-refractivity contribution is 0.0706. The van der Waals surface area contributed by atoms with E-state index in [1.165, 1.54) is 32.1 Å². The molecule has 4 bridgehead atoms. The van der Waals surface area contributed by atoms with E-state index in [1.807, 2.05) is 0 Å². The first-order chi connectivity index (χ1) is 6.18. The number of rotatable bonds is 1. The lowest BCUT2D eigenvalue weighted by atomic mass is 9.52. The molecule has 3 unspecified atom stereocenters. The standard InChI is InChI=1S/C12H19N/c1-8(13)12-5-9-2-10(6-12)4-11(3-9)7-12/h5,8,10-11H,2-4,6-7,13H2,1H3. The van der Waals surface area contributed by atoms with Crippen molar-refractivity contribution in [3.8, 4) is 0 Å². The molecule has 0 spiro atoms. The van der Waals surface area contributed by atoms with Gasteiger partial charge < -0.3 is 5.73 Å². The van der Waals surface area contributed by atoms with Crippen LogP contribution >= 0.6 is 0 Å². The Morgan fingerprint density at radius 2 is 2.00 bits per heavy atom. The summed E-state index contributed by atoms with van der Waals surface area (Å²) in [6.45, 7) is 2.20. The first-order valence-corrected chi connectivity index (χ1v) is 5.64. The average molecular weight is 177 g/mol. The van der Waals surface area contributed by atoms with Gasteiger partial charge in [-0.15, -0.1) is 0 Å². The van der Waals surface area contributed by atoms with Gasteiger partial charge in [-0.3, -0.25) is 0 Å². The summed E-state index contributed by atoms with van der Waals surface area (Å²) < 4.78 is 0. The van der Waals surface area contributed by atoms with Crippen molar-refractivity contribution in [1.82, 2.24) is 0 Å². The molecule has 0 aliphatic heterocycles. The molecule has 0 aromatic rings. The number of hydrogen-bond donors (Lipinski definition) is 1. The third-order valence-electron chi connectivity index (χ3n) is 4.50. The van der Waals surface area contributed by atoms with E-state index in [-0.39, 0.29) is 0 Å². The average Bonchev–Trinajstić information content (AvgIpc) is 2.00. The number of hydrogen-bond acceptors (Lipinski definition) is 1. The molecule has 1 nitrogen and oxygen atoms in total. The van der Waals surface area contributed by atoms with E-state index in [2.05, 4.69) is 13.0 Å². The molecule has 0 saturated heterocycles. The maximum absolute atomic E-state index is 6.15. The summed E-state index contributed by atoms with van der Waals surface area (Å²) in [7, 11) is 0. The molecule has 3 atom stereocenters. The smallest absolute Gasteiger partial charge is 0.0102 e. The fourth-order valence-electron chi connectivity index (χ4n) is 4.08. The second-order valence-corrected chi connectivity index (χ2v) is 5.61. The van der Waals surface area contributed by atoms with Gasteiger partial charge in [0.1, 0.15) is 0 Å². The summed E-state index contributed by atoms with van der Waals surface area (Å²) in [4.78, 5) is 0. The Morgan fingerprint density at radius 1 is 1.38 bits per heavy atom. The van der Waals surface area contributed by atoms with Gasteiger partial charge >= 0.3 is 0 Å². The zero-order chi connectivity index (χ0) is 9.05. The SMILES string of the molecule is CC(N)C12C=C3CC(CC(C3)C1)C2. The highest BCUT2D eigenvalue weighted by Crippen LogP contribution is 2.57. The third kappa shape index (κ3) is 1.03. The van der Waals surface area contributed by atoms with Crippen LogP contribution in [0.3, 0.4) is 0 Å². The molecule has 4 aliphatic carbocycles. The largest absolute Gasteiger partial charge is 0.327 e. The lowest BCUT2D eigenvalue weighted by Gasteiger charge is -2.53. The van der Waals surface area contributed by atoms with Crippen LogP contribution in [0.2, 0.25) is 0 Å². The molecule has 4 rings (SSSR count). The fraction of sp³-hybridized carbons (Fsp3) is 0.833. The van der Waals surface area contributed by atoms with Crippen molar-refractivity contribution in [3.05, 3.63) is 11.6 Å². The van der Waals surface area contributed by atoms with E-state index < -0.39 is 0 Å². The molecule has 2 saturated carbocycles. The Bertz CT molecular complexity index is 248. The Morgan fingerprint density at radius 3 is 2.46 bits per heavy atom. The Balaban J connectivity index is 2.03. The highest BCUT2D eigenvalue weighted by atomic mass is 14.7. The van der Waals surface area contributed by atoms with Gasteiger partial charge in [-0.2, -0.15) is 0 Å². The maximum Gasteiger partial charge on any atom is 0.0102 e. The fourth-order valence-corrected chi connectivity index (χ4v) is 4.08. The van der Waals surface area contributed by atoms with Crippen molar-refractivity contribution in [2.45, 2.75) is 45.1 Å². The Labute approximate surface area is 80.4 Å². The highest BCUT2D eigenvalue weighted by Gasteiger charge is 2.48. The van der Waals surface area contributed by atoms with Gasteiger partial charge in [0.2, 0.25) is 0 Å². The summed E-state index contributed by atoms with van der Waals surface area (Å²) in [6, 6.07) is 0.369. The van der Waals surface area contributed by atoms with Gasteiger partial charge in [0.05, 0.1) is 0 Å². The molecule has 0 aromatic heterocycles. The van der Waals surface area contributed by atoms with Gasteiger partial charge in [-0.05, 0) is 50.9 Å². The van der Waals surface area contributed by atoms with E-state index >= 15 is 0 Å². The third-order valence-corrected chi connectivity index (χ3v) is 4.50. The van der Waals surface area contributed by atoms with Crippen LogP contribution < -0.4 is 5.73 Å². The van der Waals surface area contributed by atoms with E-state index in [4.69, 9.17) is 5.73 Å². The van der Waals surface area contributed by atoms with Crippen LogP contribution in [-0.2, 0) is 0 Å². The first kappa shape index (κ1) is 8.05. The van der Waals surface area contributed by atoms with Crippen molar-refractivity contribution in [3.63, 3.8) is 0 Å². The van der Waals surface area contributed by atoms with Crippen LogP contribution in [0.15, 0.2) is 11.6 Å². The molecule has 1 heteroatoms. The molecule has 13 heavy (non-hydrogen) atoms. The molecule has 4 aliphatic rings. The number of nitrogens with two attached hydrogens (primary N) is 1. The van der Waals surface area contributed by atoms with E-state index in [1.54, 1.807) is 5.57 Å². The van der Waals surface area contributed by atoms with Crippen LogP contribution in [0.4, 0.5) is 0 Å². The van der Waals surface area contributed by atoms with Gasteiger partial charge in [-0.1, -0.05) is 11.6 Å². The first-order valence-electron chi connectivity index (χ1n) is 5.64. The van der Waals surface area contributed by atoms with Gasteiger partial charge in [0, 0.05) is 11.5 Å². The zero-order valence-electron chi connectivity index (χ0n) is 8.42. The monoisotopic (exact) mass is 177 g/mol. The second kappa shape index (κ2) is 2.38. The molecule has 0 heterocycles. The minimum absolute atomic E-state index is 0.369. The second-order valence-electron chi connectivity index (χ2n) is 5.61. The van der Waals surface area contributed by atoms with Crippen LogP contribution in [-0.4, -0.2) is 6.04 Å². The minimum Gasteiger partial charge on any atom is -0.327 e. The minimum atomic E-state index is 0.369. The highest BCUT2D eigenvalue weighted by molar-refractivity contribution is 5.24. The summed E-state index contributed by atoms with van der Waals surface area (Å²) >= 11 is 0. The van der Waals surface area contributed by atoms with E-state index in [0.717, 1.165) is 11.8 Å². The maximum atomic E-state index is 6.15. The van der Waals surface area contributed by atoms with Crippen molar-refractivity contribution < 1.29 is 0 Å².